The molecule has 0 unspecified atom stereocenters. The van der Waals surface area contributed by atoms with Gasteiger partial charge < -0.3 is 5.32 Å². The van der Waals surface area contributed by atoms with E-state index >= 15 is 0 Å². The number of nitrogens with one attached hydrogen (secondary N) is 1. The number of carbonyl (C=O) groups is 1. The van der Waals surface area contributed by atoms with Crippen LogP contribution in [0, 0.1) is 11.3 Å². The van der Waals surface area contributed by atoms with E-state index in [0.29, 0.717) is 11.3 Å². The minimum atomic E-state index is -2.16. The number of amides is 1. The quantitative estimate of drug-likeness (QED) is 0.829. The second-order valence-electron chi connectivity index (χ2n) is 6.34. The van der Waals surface area contributed by atoms with Gasteiger partial charge in [-0.25, -0.2) is 4.36 Å². The highest BCUT2D eigenvalue weighted by atomic mass is 32.2. The fourth-order valence-corrected chi connectivity index (χ4v) is 3.59. The molecule has 0 heterocycles. The molecular formula is C12H22N2O2S. The molecule has 4 nitrogen and oxygen atoms in total. The van der Waals surface area contributed by atoms with Crippen molar-refractivity contribution < 1.29 is 9.00 Å². The molecule has 0 atom stereocenters. The highest BCUT2D eigenvalue weighted by molar-refractivity contribution is 7.92. The molecule has 17 heavy (non-hydrogen) atoms. The van der Waals surface area contributed by atoms with Gasteiger partial charge in [-0.15, -0.1) is 0 Å². The molecule has 98 valence electrons. The Morgan fingerprint density at radius 2 is 1.88 bits per heavy atom. The second kappa shape index (κ2) is 3.70. The molecular weight excluding hydrogens is 236 g/mol. The van der Waals surface area contributed by atoms with Crippen molar-refractivity contribution in [3.8, 4) is 0 Å². The number of hydrogen-bond acceptors (Lipinski definition) is 3. The molecule has 0 aliphatic heterocycles. The van der Waals surface area contributed by atoms with Gasteiger partial charge in [-0.1, -0.05) is 13.8 Å². The standard InChI is InChI=1S/C12H22N2O2S/c1-9(2)11-6-12(7-11,8-11)14-10(15)5-13-17(3,4)16/h9H,5-8H2,1-4H3,(H,14,15). The largest absolute Gasteiger partial charge is 0.349 e. The summed E-state index contributed by atoms with van der Waals surface area (Å²) in [6, 6.07) is 0. The van der Waals surface area contributed by atoms with Gasteiger partial charge in [0.15, 0.2) is 0 Å². The Hall–Kier alpha value is -0.580. The van der Waals surface area contributed by atoms with E-state index in [4.69, 9.17) is 0 Å². The Morgan fingerprint density at radius 1 is 1.35 bits per heavy atom. The number of rotatable bonds is 4. The summed E-state index contributed by atoms with van der Waals surface area (Å²) in [5.41, 5.74) is 0.548. The van der Waals surface area contributed by atoms with Crippen LogP contribution in [0.4, 0.5) is 0 Å². The van der Waals surface area contributed by atoms with Crippen LogP contribution < -0.4 is 5.32 Å². The van der Waals surface area contributed by atoms with Gasteiger partial charge in [0, 0.05) is 27.8 Å². The van der Waals surface area contributed by atoms with Crippen LogP contribution in [-0.4, -0.2) is 34.7 Å². The normalized spacial score (nSPS) is 34.9. The molecule has 0 radical (unpaired) electrons. The summed E-state index contributed by atoms with van der Waals surface area (Å²) in [5, 5.41) is 3.05. The van der Waals surface area contributed by atoms with E-state index in [-0.39, 0.29) is 18.0 Å². The smallest absolute Gasteiger partial charge is 0.242 e. The first-order valence-electron chi connectivity index (χ1n) is 6.10. The molecule has 1 amide bonds. The summed E-state index contributed by atoms with van der Waals surface area (Å²) in [6.07, 6.45) is 6.43. The lowest BCUT2D eigenvalue weighted by molar-refractivity contribution is -0.186. The van der Waals surface area contributed by atoms with E-state index in [1.165, 1.54) is 0 Å². The Labute approximate surface area is 104 Å². The number of nitrogens with zero attached hydrogens (tertiary/aromatic N) is 1. The van der Waals surface area contributed by atoms with Gasteiger partial charge in [0.05, 0.1) is 0 Å². The number of carbonyl (C=O) groups excluding carboxylic acids is 1. The summed E-state index contributed by atoms with van der Waals surface area (Å²) in [7, 11) is -2.16. The zero-order valence-electron chi connectivity index (χ0n) is 11.1. The van der Waals surface area contributed by atoms with E-state index < -0.39 is 9.73 Å². The van der Waals surface area contributed by atoms with Crippen LogP contribution in [0.5, 0.6) is 0 Å². The molecule has 3 aliphatic rings. The van der Waals surface area contributed by atoms with Crippen molar-refractivity contribution >= 4 is 15.6 Å². The topological polar surface area (TPSA) is 58.5 Å². The van der Waals surface area contributed by atoms with Crippen LogP contribution in [0.3, 0.4) is 0 Å². The van der Waals surface area contributed by atoms with Gasteiger partial charge in [-0.05, 0) is 30.6 Å². The first-order chi connectivity index (χ1) is 7.67. The van der Waals surface area contributed by atoms with Gasteiger partial charge in [0.1, 0.15) is 6.54 Å². The summed E-state index contributed by atoms with van der Waals surface area (Å²) in [5.74, 6) is 0.620. The molecule has 3 fully saturated rings. The maximum atomic E-state index is 11.7. The zero-order valence-corrected chi connectivity index (χ0v) is 11.9. The van der Waals surface area contributed by atoms with Crippen LogP contribution in [0.25, 0.3) is 0 Å². The third-order valence-corrected chi connectivity index (χ3v) is 4.97. The van der Waals surface area contributed by atoms with E-state index in [0.717, 1.165) is 19.3 Å². The van der Waals surface area contributed by atoms with Crippen LogP contribution in [-0.2, 0) is 14.5 Å². The van der Waals surface area contributed by atoms with Gasteiger partial charge >= 0.3 is 0 Å². The average molecular weight is 258 g/mol. The first kappa shape index (κ1) is 12.9. The second-order valence-corrected chi connectivity index (χ2v) is 8.97. The van der Waals surface area contributed by atoms with E-state index in [1.807, 2.05) is 0 Å². The number of hydrogen-bond donors (Lipinski definition) is 1. The molecule has 2 bridgehead atoms. The van der Waals surface area contributed by atoms with Crippen molar-refractivity contribution in [2.24, 2.45) is 15.7 Å². The molecule has 0 saturated heterocycles. The SMILES string of the molecule is CC(C)C12CC(NC(=O)CN=S(C)(C)=O)(C1)C2. The van der Waals surface area contributed by atoms with Crippen LogP contribution in [0.15, 0.2) is 4.36 Å². The zero-order chi connectivity index (χ0) is 12.9. The summed E-state index contributed by atoms with van der Waals surface area (Å²) < 4.78 is 15.2. The van der Waals surface area contributed by atoms with Crippen molar-refractivity contribution in [2.75, 3.05) is 19.1 Å². The summed E-state index contributed by atoms with van der Waals surface area (Å²) in [6.45, 7) is 4.54. The first-order valence-corrected chi connectivity index (χ1v) is 8.44. The van der Waals surface area contributed by atoms with Crippen molar-refractivity contribution in [2.45, 2.75) is 38.6 Å². The third kappa shape index (κ3) is 2.34. The van der Waals surface area contributed by atoms with Crippen LogP contribution in [0.1, 0.15) is 33.1 Å². The lowest BCUT2D eigenvalue weighted by atomic mass is 9.36. The lowest BCUT2D eigenvalue weighted by Gasteiger charge is -2.72. The fraction of sp³-hybridized carbons (Fsp3) is 0.917. The summed E-state index contributed by atoms with van der Waals surface area (Å²) in [4.78, 5) is 11.7. The van der Waals surface area contributed by atoms with Crippen LogP contribution in [0.2, 0.25) is 0 Å². The average Bonchev–Trinajstić information content (AvgIpc) is 2.03. The maximum absolute atomic E-state index is 11.7. The molecule has 0 aromatic rings. The minimum absolute atomic E-state index is 0.0300. The maximum Gasteiger partial charge on any atom is 0.242 e. The van der Waals surface area contributed by atoms with E-state index in [2.05, 4.69) is 23.5 Å². The van der Waals surface area contributed by atoms with Gasteiger partial charge in [0.25, 0.3) is 0 Å². The lowest BCUT2D eigenvalue weighted by Crippen LogP contribution is -2.76. The minimum Gasteiger partial charge on any atom is -0.349 e. The Kier molecular flexibility index (Phi) is 2.80. The van der Waals surface area contributed by atoms with E-state index in [9.17, 15) is 9.00 Å². The molecule has 0 spiro atoms. The highest BCUT2D eigenvalue weighted by Crippen LogP contribution is 2.70. The van der Waals surface area contributed by atoms with Crippen molar-refractivity contribution in [1.82, 2.24) is 5.32 Å². The molecule has 5 heteroatoms. The van der Waals surface area contributed by atoms with Crippen molar-refractivity contribution in [3.05, 3.63) is 0 Å². The van der Waals surface area contributed by atoms with Gasteiger partial charge in [0.2, 0.25) is 5.91 Å². The van der Waals surface area contributed by atoms with Crippen LogP contribution >= 0.6 is 0 Å². The van der Waals surface area contributed by atoms with E-state index in [1.54, 1.807) is 12.5 Å². The Morgan fingerprint density at radius 3 is 2.29 bits per heavy atom. The predicted molar refractivity (Wildman–Crippen MR) is 69.3 cm³/mol. The molecule has 3 rings (SSSR count). The predicted octanol–water partition coefficient (Wildman–Crippen LogP) is 1.41. The van der Waals surface area contributed by atoms with Gasteiger partial charge in [-0.3, -0.25) is 9.00 Å². The van der Waals surface area contributed by atoms with Gasteiger partial charge in [-0.2, -0.15) is 0 Å². The Bertz CT molecular complexity index is 433. The van der Waals surface area contributed by atoms with Crippen molar-refractivity contribution in [1.29, 1.82) is 0 Å². The molecule has 3 aliphatic carbocycles. The highest BCUT2D eigenvalue weighted by Gasteiger charge is 2.69. The van der Waals surface area contributed by atoms with Crippen molar-refractivity contribution in [3.63, 3.8) is 0 Å². The summed E-state index contributed by atoms with van der Waals surface area (Å²) >= 11 is 0. The molecule has 1 N–H and O–H groups in total. The fourth-order valence-electron chi connectivity index (χ4n) is 3.16. The molecule has 3 saturated carbocycles. The molecule has 0 aromatic heterocycles. The third-order valence-electron chi connectivity index (χ3n) is 4.22. The monoisotopic (exact) mass is 258 g/mol. The Balaban J connectivity index is 1.82. The molecule has 0 aromatic carbocycles.